The molecule has 1 aromatic heterocycles. The predicted octanol–water partition coefficient (Wildman–Crippen LogP) is 1.74. The maximum Gasteiger partial charge on any atom is 0.257 e. The van der Waals surface area contributed by atoms with Gasteiger partial charge < -0.3 is 15.0 Å². The van der Waals surface area contributed by atoms with Crippen LogP contribution >= 0.6 is 11.6 Å². The van der Waals surface area contributed by atoms with Crippen LogP contribution in [0.4, 0.5) is 5.82 Å². The van der Waals surface area contributed by atoms with Crippen molar-refractivity contribution in [3.05, 3.63) is 17.0 Å². The third-order valence-corrected chi connectivity index (χ3v) is 2.65. The van der Waals surface area contributed by atoms with Crippen molar-refractivity contribution in [3.8, 4) is 0 Å². The fourth-order valence-electron chi connectivity index (χ4n) is 1.55. The Morgan fingerprint density at radius 3 is 2.70 bits per heavy atom. The van der Waals surface area contributed by atoms with Gasteiger partial charge in [-0.1, -0.05) is 0 Å². The first-order valence-electron chi connectivity index (χ1n) is 6.29. The number of hydrogen-bond acceptors (Lipinski definition) is 5. The molecule has 0 aromatic carbocycles. The summed E-state index contributed by atoms with van der Waals surface area (Å²) >= 11 is 5.82. The zero-order chi connectivity index (χ0) is 15.3. The summed E-state index contributed by atoms with van der Waals surface area (Å²) in [6, 6.07) is 0. The molecule has 1 heterocycles. The molecule has 0 bridgehead atoms. The number of anilines is 1. The number of ether oxygens (including phenoxy) is 1. The Bertz CT molecular complexity index is 474. The largest absolute Gasteiger partial charge is 0.383 e. The number of hydrogen-bond donors (Lipinski definition) is 1. The molecule has 20 heavy (non-hydrogen) atoms. The highest BCUT2D eigenvalue weighted by molar-refractivity contribution is 6.28. The third kappa shape index (κ3) is 4.94. The molecular weight excluding hydrogens is 280 g/mol. The van der Waals surface area contributed by atoms with Gasteiger partial charge >= 0.3 is 0 Å². The second kappa shape index (κ2) is 6.85. The van der Waals surface area contributed by atoms with Crippen molar-refractivity contribution in [1.29, 1.82) is 0 Å². The van der Waals surface area contributed by atoms with Crippen LogP contribution in [0.5, 0.6) is 0 Å². The van der Waals surface area contributed by atoms with Gasteiger partial charge in [-0.3, -0.25) is 4.79 Å². The first-order chi connectivity index (χ1) is 9.24. The average Bonchev–Trinajstić information content (AvgIpc) is 2.33. The Kier molecular flexibility index (Phi) is 5.71. The van der Waals surface area contributed by atoms with Crippen molar-refractivity contribution in [2.24, 2.45) is 0 Å². The Balaban J connectivity index is 3.03. The van der Waals surface area contributed by atoms with E-state index in [2.05, 4.69) is 15.3 Å². The second-order valence-electron chi connectivity index (χ2n) is 5.49. The van der Waals surface area contributed by atoms with E-state index in [-0.39, 0.29) is 16.7 Å². The van der Waals surface area contributed by atoms with Gasteiger partial charge in [0.15, 0.2) is 0 Å². The second-order valence-corrected chi connectivity index (χ2v) is 5.83. The predicted molar refractivity (Wildman–Crippen MR) is 79.4 cm³/mol. The van der Waals surface area contributed by atoms with Crippen LogP contribution in [0.15, 0.2) is 6.20 Å². The Labute approximate surface area is 124 Å². The molecule has 1 aromatic rings. The third-order valence-electron chi connectivity index (χ3n) is 2.46. The zero-order valence-electron chi connectivity index (χ0n) is 12.5. The lowest BCUT2D eigenvalue weighted by molar-refractivity contribution is 0.0919. The summed E-state index contributed by atoms with van der Waals surface area (Å²) in [4.78, 5) is 22.1. The van der Waals surface area contributed by atoms with Gasteiger partial charge in [0.1, 0.15) is 11.4 Å². The van der Waals surface area contributed by atoms with Crippen molar-refractivity contribution in [2.45, 2.75) is 26.3 Å². The summed E-state index contributed by atoms with van der Waals surface area (Å²) < 4.78 is 5.03. The van der Waals surface area contributed by atoms with E-state index in [9.17, 15) is 4.79 Å². The Hall–Kier alpha value is -1.40. The van der Waals surface area contributed by atoms with Crippen LogP contribution in [0.3, 0.4) is 0 Å². The lowest BCUT2D eigenvalue weighted by Crippen LogP contribution is -2.41. The molecule has 0 aliphatic carbocycles. The van der Waals surface area contributed by atoms with Crippen molar-refractivity contribution in [3.63, 3.8) is 0 Å². The number of likely N-dealkylation sites (N-methyl/N-ethyl adjacent to an activating group) is 1. The average molecular weight is 301 g/mol. The monoisotopic (exact) mass is 300 g/mol. The number of carbonyl (C=O) groups is 1. The highest BCUT2D eigenvalue weighted by atomic mass is 35.5. The molecule has 1 rings (SSSR count). The van der Waals surface area contributed by atoms with E-state index in [0.29, 0.717) is 24.5 Å². The van der Waals surface area contributed by atoms with E-state index in [1.165, 1.54) is 6.20 Å². The molecule has 0 saturated heterocycles. The molecule has 0 saturated carbocycles. The van der Waals surface area contributed by atoms with Crippen molar-refractivity contribution >= 4 is 23.3 Å². The summed E-state index contributed by atoms with van der Waals surface area (Å²) in [5.41, 5.74) is 0.0574. The molecule has 0 radical (unpaired) electrons. The summed E-state index contributed by atoms with van der Waals surface area (Å²) in [5, 5.41) is 2.99. The molecule has 6 nitrogen and oxygen atoms in total. The number of amides is 1. The number of carbonyl (C=O) groups excluding carboxylic acids is 1. The number of aromatic nitrogens is 2. The highest BCUT2D eigenvalue weighted by Gasteiger charge is 2.21. The summed E-state index contributed by atoms with van der Waals surface area (Å²) in [7, 11) is 3.44. The summed E-state index contributed by atoms with van der Waals surface area (Å²) in [5.74, 6) is 0.261. The van der Waals surface area contributed by atoms with Crippen LogP contribution in [0.2, 0.25) is 5.28 Å². The Morgan fingerprint density at radius 1 is 1.50 bits per heavy atom. The van der Waals surface area contributed by atoms with Gasteiger partial charge in [0.25, 0.3) is 5.91 Å². The number of nitrogens with one attached hydrogen (secondary N) is 1. The molecule has 0 fully saturated rings. The topological polar surface area (TPSA) is 67.3 Å². The maximum absolute atomic E-state index is 12.3. The molecule has 0 unspecified atom stereocenters. The lowest BCUT2D eigenvalue weighted by atomic mass is 10.1. The van der Waals surface area contributed by atoms with Gasteiger partial charge in [-0.15, -0.1) is 0 Å². The van der Waals surface area contributed by atoms with Gasteiger partial charge in [0, 0.05) is 32.4 Å². The van der Waals surface area contributed by atoms with Gasteiger partial charge in [-0.05, 0) is 32.4 Å². The van der Waals surface area contributed by atoms with Crippen LogP contribution in [0.1, 0.15) is 31.1 Å². The van der Waals surface area contributed by atoms with Crippen LogP contribution in [0.25, 0.3) is 0 Å². The van der Waals surface area contributed by atoms with Crippen molar-refractivity contribution < 1.29 is 9.53 Å². The molecule has 0 aliphatic heterocycles. The fraction of sp³-hybridized carbons (Fsp3) is 0.615. The van der Waals surface area contributed by atoms with Gasteiger partial charge in [0.05, 0.1) is 6.61 Å². The minimum absolute atomic E-state index is 0.108. The SMILES string of the molecule is COCCN(C)c1nc(Cl)ncc1C(=O)NC(C)(C)C. The number of rotatable bonds is 5. The van der Waals surface area contributed by atoms with Crippen LogP contribution in [-0.4, -0.2) is 48.7 Å². The highest BCUT2D eigenvalue weighted by Crippen LogP contribution is 2.18. The van der Waals surface area contributed by atoms with Crippen molar-refractivity contribution in [1.82, 2.24) is 15.3 Å². The molecule has 0 aliphatic rings. The normalized spacial score (nSPS) is 11.3. The summed E-state index contributed by atoms with van der Waals surface area (Å²) in [6.07, 6.45) is 1.44. The van der Waals surface area contributed by atoms with Crippen LogP contribution in [0, 0.1) is 0 Å². The first kappa shape index (κ1) is 16.7. The molecule has 7 heteroatoms. The van der Waals surface area contributed by atoms with Gasteiger partial charge in [-0.2, -0.15) is 4.98 Å². The van der Waals surface area contributed by atoms with Crippen LogP contribution in [-0.2, 0) is 4.74 Å². The van der Waals surface area contributed by atoms with E-state index in [0.717, 1.165) is 0 Å². The molecule has 1 N–H and O–H groups in total. The molecule has 0 spiro atoms. The van der Waals surface area contributed by atoms with E-state index < -0.39 is 0 Å². The molecule has 1 amide bonds. The fourth-order valence-corrected chi connectivity index (χ4v) is 1.67. The lowest BCUT2D eigenvalue weighted by Gasteiger charge is -2.24. The van der Waals surface area contributed by atoms with Gasteiger partial charge in [-0.25, -0.2) is 4.98 Å². The molecule has 112 valence electrons. The van der Waals surface area contributed by atoms with E-state index >= 15 is 0 Å². The van der Waals surface area contributed by atoms with Crippen molar-refractivity contribution in [2.75, 3.05) is 32.2 Å². The van der Waals surface area contributed by atoms with Gasteiger partial charge in [0.2, 0.25) is 5.28 Å². The molecule has 0 atom stereocenters. The quantitative estimate of drug-likeness (QED) is 0.839. The number of methoxy groups -OCH3 is 1. The number of halogens is 1. The Morgan fingerprint density at radius 2 is 2.15 bits per heavy atom. The molecular formula is C13H21ClN4O2. The van der Waals surface area contributed by atoms with E-state index in [1.54, 1.807) is 7.11 Å². The first-order valence-corrected chi connectivity index (χ1v) is 6.67. The van der Waals surface area contributed by atoms with E-state index in [4.69, 9.17) is 16.3 Å². The standard InChI is InChI=1S/C13H21ClN4O2/c1-13(2,3)17-11(19)9-8-15-12(14)16-10(9)18(4)6-7-20-5/h8H,6-7H2,1-5H3,(H,17,19). The maximum atomic E-state index is 12.3. The van der Waals surface area contributed by atoms with E-state index in [1.807, 2.05) is 32.7 Å². The minimum atomic E-state index is -0.334. The van der Waals surface area contributed by atoms with Crippen LogP contribution < -0.4 is 10.2 Å². The minimum Gasteiger partial charge on any atom is -0.383 e. The zero-order valence-corrected chi connectivity index (χ0v) is 13.3. The summed E-state index contributed by atoms with van der Waals surface area (Å²) in [6.45, 7) is 6.86. The smallest absolute Gasteiger partial charge is 0.257 e. The number of nitrogens with zero attached hydrogens (tertiary/aromatic N) is 3.